The van der Waals surface area contributed by atoms with Gasteiger partial charge >= 0.3 is 6.18 Å². The van der Waals surface area contributed by atoms with Crippen LogP contribution in [-0.4, -0.2) is 33.9 Å². The molecule has 0 aliphatic rings. The van der Waals surface area contributed by atoms with Gasteiger partial charge in [0.2, 0.25) is 4.47 Å². The van der Waals surface area contributed by atoms with Gasteiger partial charge in [0, 0.05) is 6.04 Å². The standard InChI is InChI=1S/C8H11ClF3N3S/c1-5(2)15(4-8(10,11)12)3-6-13-14-7(9)16-6/h5H,3-4H2,1-2H3. The third-order valence-electron chi connectivity index (χ3n) is 1.89. The number of halogens is 4. The summed E-state index contributed by atoms with van der Waals surface area (Å²) in [5.41, 5.74) is 0. The highest BCUT2D eigenvalue weighted by molar-refractivity contribution is 7.15. The minimum absolute atomic E-state index is 0.113. The summed E-state index contributed by atoms with van der Waals surface area (Å²) < 4.78 is 37.1. The monoisotopic (exact) mass is 273 g/mol. The van der Waals surface area contributed by atoms with Gasteiger partial charge in [-0.1, -0.05) is 11.3 Å². The maximum Gasteiger partial charge on any atom is 0.401 e. The van der Waals surface area contributed by atoms with E-state index in [-0.39, 0.29) is 17.1 Å². The molecule has 1 heterocycles. The highest BCUT2D eigenvalue weighted by Gasteiger charge is 2.32. The fourth-order valence-corrected chi connectivity index (χ4v) is 2.02. The van der Waals surface area contributed by atoms with Gasteiger partial charge in [-0.05, 0) is 25.4 Å². The van der Waals surface area contributed by atoms with E-state index in [0.717, 1.165) is 11.3 Å². The summed E-state index contributed by atoms with van der Waals surface area (Å²) in [6, 6.07) is -0.218. The Balaban J connectivity index is 2.65. The molecule has 1 aromatic rings. The van der Waals surface area contributed by atoms with E-state index in [1.165, 1.54) is 4.90 Å². The molecule has 0 radical (unpaired) electrons. The Morgan fingerprint density at radius 1 is 1.38 bits per heavy atom. The lowest BCUT2D eigenvalue weighted by atomic mass is 10.3. The second-order valence-corrected chi connectivity index (χ2v) is 5.21. The third kappa shape index (κ3) is 4.63. The Morgan fingerprint density at radius 2 is 2.00 bits per heavy atom. The normalized spacial score (nSPS) is 12.8. The smallest absolute Gasteiger partial charge is 0.286 e. The zero-order valence-electron chi connectivity index (χ0n) is 8.75. The first-order valence-electron chi connectivity index (χ1n) is 4.56. The van der Waals surface area contributed by atoms with Crippen LogP contribution in [0.2, 0.25) is 4.47 Å². The van der Waals surface area contributed by atoms with Crippen LogP contribution in [0.4, 0.5) is 13.2 Å². The first-order chi connectivity index (χ1) is 7.28. The van der Waals surface area contributed by atoms with Crippen LogP contribution in [0.3, 0.4) is 0 Å². The summed E-state index contributed by atoms with van der Waals surface area (Å²) in [7, 11) is 0. The lowest BCUT2D eigenvalue weighted by Crippen LogP contribution is -2.38. The van der Waals surface area contributed by atoms with Crippen molar-refractivity contribution in [1.29, 1.82) is 0 Å². The summed E-state index contributed by atoms with van der Waals surface area (Å²) in [5.74, 6) is 0. The van der Waals surface area contributed by atoms with E-state index in [1.807, 2.05) is 0 Å². The SMILES string of the molecule is CC(C)N(Cc1nnc(Cl)s1)CC(F)(F)F. The van der Waals surface area contributed by atoms with E-state index in [0.29, 0.717) is 5.01 Å². The van der Waals surface area contributed by atoms with Gasteiger partial charge in [-0.2, -0.15) is 13.2 Å². The molecule has 92 valence electrons. The number of alkyl halides is 3. The Hall–Kier alpha value is -0.400. The summed E-state index contributed by atoms with van der Waals surface area (Å²) >= 11 is 6.65. The molecule has 0 fully saturated rings. The molecule has 8 heteroatoms. The molecule has 3 nitrogen and oxygen atoms in total. The maximum atomic E-state index is 12.3. The second kappa shape index (κ2) is 5.29. The molecule has 0 amide bonds. The number of aromatic nitrogens is 2. The molecule has 0 saturated carbocycles. The molecule has 0 aromatic carbocycles. The Labute approximate surface area is 100 Å². The molecule has 0 saturated heterocycles. The highest BCUT2D eigenvalue weighted by Crippen LogP contribution is 2.22. The van der Waals surface area contributed by atoms with Crippen molar-refractivity contribution in [3.8, 4) is 0 Å². The number of hydrogen-bond donors (Lipinski definition) is 0. The van der Waals surface area contributed by atoms with E-state index in [1.54, 1.807) is 13.8 Å². The van der Waals surface area contributed by atoms with Crippen LogP contribution in [0.15, 0.2) is 0 Å². The molecule has 0 N–H and O–H groups in total. The second-order valence-electron chi connectivity index (χ2n) is 3.56. The fourth-order valence-electron chi connectivity index (χ4n) is 1.12. The van der Waals surface area contributed by atoms with Crippen LogP contribution < -0.4 is 0 Å². The van der Waals surface area contributed by atoms with Crippen molar-refractivity contribution in [2.24, 2.45) is 0 Å². The highest BCUT2D eigenvalue weighted by atomic mass is 35.5. The number of nitrogens with zero attached hydrogens (tertiary/aromatic N) is 3. The Bertz CT molecular complexity index is 340. The molecule has 0 bridgehead atoms. The van der Waals surface area contributed by atoms with E-state index in [9.17, 15) is 13.2 Å². The zero-order chi connectivity index (χ0) is 12.3. The molecule has 1 aromatic heterocycles. The average molecular weight is 274 g/mol. The van der Waals surface area contributed by atoms with Gasteiger partial charge in [0.1, 0.15) is 5.01 Å². The fraction of sp³-hybridized carbons (Fsp3) is 0.750. The first kappa shape index (κ1) is 13.7. The van der Waals surface area contributed by atoms with Crippen molar-refractivity contribution < 1.29 is 13.2 Å². The number of hydrogen-bond acceptors (Lipinski definition) is 4. The summed E-state index contributed by atoms with van der Waals surface area (Å²) in [6.07, 6.45) is -4.21. The minimum Gasteiger partial charge on any atom is -0.286 e. The Morgan fingerprint density at radius 3 is 2.38 bits per heavy atom. The van der Waals surface area contributed by atoms with E-state index >= 15 is 0 Å². The zero-order valence-corrected chi connectivity index (χ0v) is 10.3. The van der Waals surface area contributed by atoms with Crippen LogP contribution in [0, 0.1) is 0 Å². The predicted molar refractivity (Wildman–Crippen MR) is 56.5 cm³/mol. The van der Waals surface area contributed by atoms with Gasteiger partial charge in [-0.15, -0.1) is 10.2 Å². The minimum atomic E-state index is -4.21. The van der Waals surface area contributed by atoms with Gasteiger partial charge in [0.15, 0.2) is 0 Å². The van der Waals surface area contributed by atoms with Crippen molar-refractivity contribution in [1.82, 2.24) is 15.1 Å². The molecule has 0 aliphatic carbocycles. The van der Waals surface area contributed by atoms with Gasteiger partial charge in [0.05, 0.1) is 13.1 Å². The predicted octanol–water partition coefficient (Wildman–Crippen LogP) is 2.96. The summed E-state index contributed by atoms with van der Waals surface area (Å²) in [6.45, 7) is 2.56. The molecule has 0 spiro atoms. The third-order valence-corrected chi connectivity index (χ3v) is 2.90. The van der Waals surface area contributed by atoms with Crippen molar-refractivity contribution >= 4 is 22.9 Å². The van der Waals surface area contributed by atoms with E-state index in [2.05, 4.69) is 10.2 Å². The van der Waals surface area contributed by atoms with Gasteiger partial charge in [0.25, 0.3) is 0 Å². The van der Waals surface area contributed by atoms with Crippen molar-refractivity contribution in [2.45, 2.75) is 32.6 Å². The van der Waals surface area contributed by atoms with E-state index in [4.69, 9.17) is 11.6 Å². The van der Waals surface area contributed by atoms with Gasteiger partial charge < -0.3 is 0 Å². The molecular formula is C8H11ClF3N3S. The quantitative estimate of drug-likeness (QED) is 0.845. The van der Waals surface area contributed by atoms with Crippen molar-refractivity contribution in [3.63, 3.8) is 0 Å². The topological polar surface area (TPSA) is 29.0 Å². The van der Waals surface area contributed by atoms with E-state index < -0.39 is 12.7 Å². The lowest BCUT2D eigenvalue weighted by molar-refractivity contribution is -0.150. The van der Waals surface area contributed by atoms with Crippen LogP contribution in [0.5, 0.6) is 0 Å². The molecule has 0 aliphatic heterocycles. The van der Waals surface area contributed by atoms with Crippen LogP contribution in [-0.2, 0) is 6.54 Å². The van der Waals surface area contributed by atoms with Crippen molar-refractivity contribution in [2.75, 3.05) is 6.54 Å². The maximum absolute atomic E-state index is 12.3. The van der Waals surface area contributed by atoms with Gasteiger partial charge in [-0.25, -0.2) is 0 Å². The molecule has 16 heavy (non-hydrogen) atoms. The average Bonchev–Trinajstić information content (AvgIpc) is 2.47. The van der Waals surface area contributed by atoms with Crippen molar-refractivity contribution in [3.05, 3.63) is 9.47 Å². The molecule has 0 atom stereocenters. The Kier molecular flexibility index (Phi) is 4.52. The largest absolute Gasteiger partial charge is 0.401 e. The van der Waals surface area contributed by atoms with Crippen LogP contribution in [0.25, 0.3) is 0 Å². The summed E-state index contributed by atoms with van der Waals surface area (Å²) in [5, 5.41) is 7.74. The molecule has 1 rings (SSSR count). The number of rotatable bonds is 4. The van der Waals surface area contributed by atoms with Crippen LogP contribution >= 0.6 is 22.9 Å². The van der Waals surface area contributed by atoms with Gasteiger partial charge in [-0.3, -0.25) is 4.90 Å². The summed E-state index contributed by atoms with van der Waals surface area (Å²) in [4.78, 5) is 1.27. The molecule has 0 unspecified atom stereocenters. The lowest BCUT2D eigenvalue weighted by Gasteiger charge is -2.26. The first-order valence-corrected chi connectivity index (χ1v) is 5.76. The molecular weight excluding hydrogens is 263 g/mol. The van der Waals surface area contributed by atoms with Crippen LogP contribution in [0.1, 0.15) is 18.9 Å².